The molecule has 4 rings (SSSR count). The third-order valence-corrected chi connectivity index (χ3v) is 7.05. The molecule has 0 aliphatic carbocycles. The summed E-state index contributed by atoms with van der Waals surface area (Å²) < 4.78 is 24.4. The summed E-state index contributed by atoms with van der Waals surface area (Å²) in [6.07, 6.45) is 0.681. The van der Waals surface area contributed by atoms with Gasteiger partial charge in [0.1, 0.15) is 12.4 Å². The van der Waals surface area contributed by atoms with Gasteiger partial charge in [-0.2, -0.15) is 0 Å². The number of amides is 2. The van der Waals surface area contributed by atoms with Crippen molar-refractivity contribution >= 4 is 17.6 Å². The Hall–Kier alpha value is -4.21. The Balaban J connectivity index is 1.37. The monoisotopic (exact) mass is 535 g/mol. The van der Waals surface area contributed by atoms with E-state index in [1.165, 1.54) is 23.1 Å². The van der Waals surface area contributed by atoms with Crippen LogP contribution < -0.4 is 14.4 Å². The van der Waals surface area contributed by atoms with E-state index in [1.54, 1.807) is 25.2 Å². The molecule has 39 heavy (non-hydrogen) atoms. The van der Waals surface area contributed by atoms with Crippen molar-refractivity contribution in [2.24, 2.45) is 0 Å². The second-order valence-electron chi connectivity index (χ2n) is 9.42. The zero-order valence-corrected chi connectivity index (χ0v) is 22.8. The van der Waals surface area contributed by atoms with Crippen LogP contribution in [0.5, 0.6) is 11.5 Å². The lowest BCUT2D eigenvalue weighted by molar-refractivity contribution is -0.132. The molecule has 0 bridgehead atoms. The second-order valence-corrected chi connectivity index (χ2v) is 9.42. The molecule has 3 aromatic rings. The fourth-order valence-corrected chi connectivity index (χ4v) is 4.51. The lowest BCUT2D eigenvalue weighted by Crippen LogP contribution is -2.53. The van der Waals surface area contributed by atoms with E-state index in [4.69, 9.17) is 9.47 Å². The highest BCUT2D eigenvalue weighted by Gasteiger charge is 2.28. The van der Waals surface area contributed by atoms with Crippen molar-refractivity contribution in [1.82, 2.24) is 20.0 Å². The van der Waals surface area contributed by atoms with Gasteiger partial charge in [-0.05, 0) is 61.9 Å². The highest BCUT2D eigenvalue weighted by molar-refractivity contribution is 5.96. The molecule has 1 atom stereocenters. The lowest BCUT2D eigenvalue weighted by Gasteiger charge is -2.37. The van der Waals surface area contributed by atoms with Crippen LogP contribution in [0.3, 0.4) is 0 Å². The number of methoxy groups -OCH3 is 2. The highest BCUT2D eigenvalue weighted by Crippen LogP contribution is 2.31. The van der Waals surface area contributed by atoms with E-state index in [0.29, 0.717) is 49.8 Å². The summed E-state index contributed by atoms with van der Waals surface area (Å²) in [4.78, 5) is 31.6. The van der Waals surface area contributed by atoms with Crippen molar-refractivity contribution in [3.8, 4) is 22.8 Å². The molecule has 1 saturated heterocycles. The number of anilines is 1. The summed E-state index contributed by atoms with van der Waals surface area (Å²) in [5.41, 5.74) is 1.81. The first-order chi connectivity index (χ1) is 18.8. The molecule has 0 spiro atoms. The number of piperazine rings is 1. The Bertz CT molecular complexity index is 1300. The average molecular weight is 536 g/mol. The van der Waals surface area contributed by atoms with Gasteiger partial charge in [0.25, 0.3) is 5.91 Å². The summed E-state index contributed by atoms with van der Waals surface area (Å²) in [6, 6.07) is 14.8. The van der Waals surface area contributed by atoms with E-state index in [9.17, 15) is 14.0 Å². The minimum absolute atomic E-state index is 0.0514. The van der Waals surface area contributed by atoms with E-state index in [2.05, 4.69) is 15.1 Å². The Morgan fingerprint density at radius 2 is 1.72 bits per heavy atom. The number of benzene rings is 2. The lowest BCUT2D eigenvalue weighted by atomic mass is 10.1. The summed E-state index contributed by atoms with van der Waals surface area (Å²) in [7, 11) is 3.18. The minimum atomic E-state index is -0.479. The molecule has 2 amide bonds. The standard InChI is InChI=1S/C29H34FN5O4/c1-5-20(2)35(29(37)22-7-6-8-23(30)17-22)19-28(36)34-15-13-33(14-16-34)27-12-10-24(31-32-27)21-9-11-25(38-3)26(18-21)39-4/h6-12,17-18,20H,5,13-16,19H2,1-4H3. The summed E-state index contributed by atoms with van der Waals surface area (Å²) in [6.45, 7) is 5.99. The molecule has 9 nitrogen and oxygen atoms in total. The van der Waals surface area contributed by atoms with Gasteiger partial charge in [-0.1, -0.05) is 13.0 Å². The second kappa shape index (κ2) is 12.6. The highest BCUT2D eigenvalue weighted by atomic mass is 19.1. The zero-order chi connectivity index (χ0) is 27.9. The smallest absolute Gasteiger partial charge is 0.254 e. The molecule has 1 fully saturated rings. The van der Waals surface area contributed by atoms with Gasteiger partial charge in [0.15, 0.2) is 17.3 Å². The molecule has 0 N–H and O–H groups in total. The van der Waals surface area contributed by atoms with Crippen molar-refractivity contribution in [3.05, 3.63) is 66.0 Å². The molecule has 2 aromatic carbocycles. The first kappa shape index (κ1) is 27.8. The van der Waals surface area contributed by atoms with Crippen molar-refractivity contribution in [2.45, 2.75) is 26.3 Å². The van der Waals surface area contributed by atoms with Gasteiger partial charge in [0, 0.05) is 43.3 Å². The first-order valence-corrected chi connectivity index (χ1v) is 13.0. The molecule has 1 unspecified atom stereocenters. The van der Waals surface area contributed by atoms with Gasteiger partial charge in [-0.25, -0.2) is 4.39 Å². The van der Waals surface area contributed by atoms with Crippen molar-refractivity contribution in [2.75, 3.05) is 51.8 Å². The number of aromatic nitrogens is 2. The molecule has 0 saturated carbocycles. The maximum atomic E-state index is 13.7. The molecule has 206 valence electrons. The Morgan fingerprint density at radius 1 is 0.974 bits per heavy atom. The number of ether oxygens (including phenoxy) is 2. The first-order valence-electron chi connectivity index (χ1n) is 13.0. The summed E-state index contributed by atoms with van der Waals surface area (Å²) >= 11 is 0. The zero-order valence-electron chi connectivity index (χ0n) is 22.8. The van der Waals surface area contributed by atoms with Crippen LogP contribution in [0.25, 0.3) is 11.3 Å². The predicted octanol–water partition coefficient (Wildman–Crippen LogP) is 3.89. The van der Waals surface area contributed by atoms with Crippen molar-refractivity contribution in [1.29, 1.82) is 0 Å². The largest absolute Gasteiger partial charge is 0.493 e. The van der Waals surface area contributed by atoms with Gasteiger partial charge in [0.2, 0.25) is 5.91 Å². The molecular formula is C29H34FN5O4. The van der Waals surface area contributed by atoms with Gasteiger partial charge >= 0.3 is 0 Å². The van der Waals surface area contributed by atoms with E-state index in [-0.39, 0.29) is 30.0 Å². The van der Waals surface area contributed by atoms with Crippen molar-refractivity contribution in [3.63, 3.8) is 0 Å². The number of carbonyl (C=O) groups is 2. The molecule has 1 aliphatic rings. The van der Waals surface area contributed by atoms with Crippen molar-refractivity contribution < 1.29 is 23.5 Å². The predicted molar refractivity (Wildman–Crippen MR) is 147 cm³/mol. The van der Waals surface area contributed by atoms with Gasteiger partial charge in [-0.3, -0.25) is 9.59 Å². The number of nitrogens with zero attached hydrogens (tertiary/aromatic N) is 5. The third-order valence-electron chi connectivity index (χ3n) is 7.05. The molecule has 2 heterocycles. The van der Waals surface area contributed by atoms with Crippen LogP contribution in [-0.4, -0.2) is 84.8 Å². The minimum Gasteiger partial charge on any atom is -0.493 e. The van der Waals surface area contributed by atoms with E-state index in [1.807, 2.05) is 44.2 Å². The Labute approximate surface area is 228 Å². The van der Waals surface area contributed by atoms with E-state index >= 15 is 0 Å². The van der Waals surface area contributed by atoms with Crippen LogP contribution in [-0.2, 0) is 4.79 Å². The molecule has 1 aliphatic heterocycles. The van der Waals surface area contributed by atoms with Crippen LogP contribution >= 0.6 is 0 Å². The molecule has 0 radical (unpaired) electrons. The van der Waals surface area contributed by atoms with E-state index in [0.717, 1.165) is 11.4 Å². The number of hydrogen-bond acceptors (Lipinski definition) is 7. The number of carbonyl (C=O) groups excluding carboxylic acids is 2. The SMILES string of the molecule is CCC(C)N(CC(=O)N1CCN(c2ccc(-c3ccc(OC)c(OC)c3)nn2)CC1)C(=O)c1cccc(F)c1. The number of hydrogen-bond donors (Lipinski definition) is 0. The Kier molecular flexibility index (Phi) is 8.96. The van der Waals surface area contributed by atoms with Crippen LogP contribution in [0.1, 0.15) is 30.6 Å². The quantitative estimate of drug-likeness (QED) is 0.411. The normalized spacial score (nSPS) is 14.1. The van der Waals surface area contributed by atoms with Gasteiger partial charge in [-0.15, -0.1) is 10.2 Å². The summed E-state index contributed by atoms with van der Waals surface area (Å²) in [5, 5.41) is 8.80. The molecule has 10 heteroatoms. The third kappa shape index (κ3) is 6.45. The fourth-order valence-electron chi connectivity index (χ4n) is 4.51. The number of halogens is 1. The Morgan fingerprint density at radius 3 is 2.33 bits per heavy atom. The van der Waals surface area contributed by atoms with Crippen LogP contribution in [0.15, 0.2) is 54.6 Å². The maximum Gasteiger partial charge on any atom is 0.254 e. The maximum absolute atomic E-state index is 13.7. The molecular weight excluding hydrogens is 501 g/mol. The van der Waals surface area contributed by atoms with Crippen LogP contribution in [0.4, 0.5) is 10.2 Å². The van der Waals surface area contributed by atoms with Gasteiger partial charge in [0.05, 0.1) is 19.9 Å². The summed E-state index contributed by atoms with van der Waals surface area (Å²) in [5.74, 6) is 1.03. The van der Waals surface area contributed by atoms with Crippen LogP contribution in [0.2, 0.25) is 0 Å². The topological polar surface area (TPSA) is 88.1 Å². The average Bonchev–Trinajstić information content (AvgIpc) is 2.98. The van der Waals surface area contributed by atoms with Gasteiger partial charge < -0.3 is 24.2 Å². The molecule has 1 aromatic heterocycles. The van der Waals surface area contributed by atoms with Crippen LogP contribution in [0, 0.1) is 5.82 Å². The van der Waals surface area contributed by atoms with E-state index < -0.39 is 5.82 Å². The number of rotatable bonds is 9. The fraction of sp³-hybridized carbons (Fsp3) is 0.379.